The van der Waals surface area contributed by atoms with Crippen molar-refractivity contribution in [3.05, 3.63) is 53.1 Å². The molecule has 1 aliphatic rings. The number of para-hydroxylation sites is 1. The fourth-order valence-corrected chi connectivity index (χ4v) is 5.04. The molecule has 2 heterocycles. The number of nitrogens with zero attached hydrogens (tertiary/aromatic N) is 2. The zero-order chi connectivity index (χ0) is 26.0. The smallest absolute Gasteiger partial charge is 0.459 e. The van der Waals surface area contributed by atoms with Crippen LogP contribution < -0.4 is 21.0 Å². The molecule has 0 aliphatic carbocycles. The number of carbonyl (C=O) groups is 1. The molecule has 1 aromatic carbocycles. The molecule has 1 fully saturated rings. The van der Waals surface area contributed by atoms with Crippen molar-refractivity contribution in [3.63, 3.8) is 0 Å². The Hall–Kier alpha value is -2.90. The molecule has 4 N–H and O–H groups in total. The molecular weight excluding hydrogens is 493 g/mol. The molecule has 6 atom stereocenters. The van der Waals surface area contributed by atoms with E-state index in [4.69, 9.17) is 19.5 Å². The minimum Gasteiger partial charge on any atom is -0.468 e. The number of nitrogen functional groups attached to an aromatic ring is 1. The molecular formula is C20H25F2N4O8P. The second-order valence-electron chi connectivity index (χ2n) is 7.70. The fraction of sp³-hybridized carbons (Fsp3) is 0.450. The molecule has 0 saturated carbocycles. The maximum Gasteiger partial charge on any atom is 0.459 e. The van der Waals surface area contributed by atoms with Gasteiger partial charge in [0.15, 0.2) is 6.10 Å². The third-order valence-corrected chi connectivity index (χ3v) is 6.83. The summed E-state index contributed by atoms with van der Waals surface area (Å²) >= 11 is 0. The molecule has 1 aromatic heterocycles. The van der Waals surface area contributed by atoms with E-state index >= 15 is 0 Å². The van der Waals surface area contributed by atoms with Crippen molar-refractivity contribution in [1.29, 1.82) is 0 Å². The van der Waals surface area contributed by atoms with Gasteiger partial charge in [0, 0.05) is 6.20 Å². The predicted molar refractivity (Wildman–Crippen MR) is 118 cm³/mol. The summed E-state index contributed by atoms with van der Waals surface area (Å²) in [6.07, 6.45) is -7.00. The Labute approximate surface area is 198 Å². The van der Waals surface area contributed by atoms with Gasteiger partial charge in [0.05, 0.1) is 13.2 Å². The topological polar surface area (TPSA) is 164 Å². The van der Waals surface area contributed by atoms with Crippen LogP contribution in [0.1, 0.15) is 20.1 Å². The molecule has 35 heavy (non-hydrogen) atoms. The zero-order valence-electron chi connectivity index (χ0n) is 18.9. The maximum absolute atomic E-state index is 14.9. The van der Waals surface area contributed by atoms with Gasteiger partial charge in [-0.2, -0.15) is 18.9 Å². The average Bonchev–Trinajstić information content (AvgIpc) is 3.02. The van der Waals surface area contributed by atoms with Crippen molar-refractivity contribution < 1.29 is 41.8 Å². The van der Waals surface area contributed by atoms with Crippen molar-refractivity contribution in [2.75, 3.05) is 12.8 Å². The molecule has 0 spiro atoms. The van der Waals surface area contributed by atoms with E-state index in [0.29, 0.717) is 4.57 Å². The number of ether oxygens (including phenoxy) is 2. The largest absolute Gasteiger partial charge is 0.468 e. The van der Waals surface area contributed by atoms with Crippen LogP contribution in [0.25, 0.3) is 0 Å². The lowest BCUT2D eigenvalue weighted by Gasteiger charge is -2.28. The minimum absolute atomic E-state index is 0.0863. The van der Waals surface area contributed by atoms with Crippen LogP contribution in [0.2, 0.25) is 0 Å². The Morgan fingerprint density at radius 3 is 2.57 bits per heavy atom. The SMILES string of the molecule is COC(=O)C(C)NP(=O)(Oc1ccccc1)OC(C)[C@H]1OC(n2ccc(N)nc2=O)C(F)(F)C1O. The predicted octanol–water partition coefficient (Wildman–Crippen LogP) is 1.46. The molecule has 1 aliphatic heterocycles. The molecule has 5 unspecified atom stereocenters. The number of carbonyl (C=O) groups excluding carboxylic acids is 1. The molecule has 0 amide bonds. The number of halogens is 2. The minimum atomic E-state index is -4.43. The summed E-state index contributed by atoms with van der Waals surface area (Å²) in [4.78, 5) is 27.3. The van der Waals surface area contributed by atoms with Crippen LogP contribution in [0.15, 0.2) is 47.4 Å². The monoisotopic (exact) mass is 518 g/mol. The van der Waals surface area contributed by atoms with E-state index in [1.54, 1.807) is 18.2 Å². The molecule has 0 radical (unpaired) electrons. The number of methoxy groups -OCH3 is 1. The molecule has 1 saturated heterocycles. The summed E-state index contributed by atoms with van der Waals surface area (Å²) in [5.41, 5.74) is 4.27. The summed E-state index contributed by atoms with van der Waals surface area (Å²) in [5.74, 6) is -4.85. The second kappa shape index (κ2) is 10.4. The third kappa shape index (κ3) is 5.85. The molecule has 0 bridgehead atoms. The summed E-state index contributed by atoms with van der Waals surface area (Å²) in [5, 5.41) is 12.7. The highest BCUT2D eigenvalue weighted by Gasteiger charge is 2.61. The van der Waals surface area contributed by atoms with Crippen LogP contribution in [-0.2, 0) is 23.4 Å². The van der Waals surface area contributed by atoms with Crippen LogP contribution in [0.3, 0.4) is 0 Å². The number of nitrogens with one attached hydrogen (secondary N) is 1. The normalized spacial score (nSPS) is 24.8. The summed E-state index contributed by atoms with van der Waals surface area (Å²) in [6.45, 7) is 2.54. The molecule has 2 aromatic rings. The maximum atomic E-state index is 14.9. The van der Waals surface area contributed by atoms with Crippen molar-refractivity contribution in [2.24, 2.45) is 0 Å². The number of rotatable bonds is 9. The zero-order valence-corrected chi connectivity index (χ0v) is 19.8. The number of aliphatic hydroxyl groups excluding tert-OH is 1. The average molecular weight is 518 g/mol. The van der Waals surface area contributed by atoms with Gasteiger partial charge < -0.3 is 24.8 Å². The number of nitrogens with two attached hydrogens (primary N) is 1. The summed E-state index contributed by atoms with van der Waals surface area (Å²) < 4.78 is 64.6. The molecule has 192 valence electrons. The number of anilines is 1. The number of hydrogen-bond acceptors (Lipinski definition) is 10. The Morgan fingerprint density at radius 1 is 1.31 bits per heavy atom. The van der Waals surface area contributed by atoms with Gasteiger partial charge in [-0.3, -0.25) is 13.9 Å². The van der Waals surface area contributed by atoms with E-state index in [2.05, 4.69) is 14.8 Å². The van der Waals surface area contributed by atoms with E-state index in [9.17, 15) is 28.0 Å². The second-order valence-corrected chi connectivity index (χ2v) is 9.35. The van der Waals surface area contributed by atoms with Gasteiger partial charge in [-0.05, 0) is 32.0 Å². The van der Waals surface area contributed by atoms with E-state index < -0.39 is 55.9 Å². The van der Waals surface area contributed by atoms with Gasteiger partial charge in [0.2, 0.25) is 6.23 Å². The van der Waals surface area contributed by atoms with E-state index in [1.807, 2.05) is 0 Å². The van der Waals surface area contributed by atoms with Crippen molar-refractivity contribution >= 4 is 19.5 Å². The number of hydrogen-bond donors (Lipinski definition) is 3. The van der Waals surface area contributed by atoms with Gasteiger partial charge in [-0.15, -0.1) is 0 Å². The van der Waals surface area contributed by atoms with Crippen molar-refractivity contribution in [1.82, 2.24) is 14.6 Å². The van der Waals surface area contributed by atoms with E-state index in [1.165, 1.54) is 26.0 Å². The number of aliphatic hydroxyl groups is 1. The van der Waals surface area contributed by atoms with Crippen LogP contribution in [0, 0.1) is 0 Å². The lowest BCUT2D eigenvalue weighted by atomic mass is 10.1. The summed E-state index contributed by atoms with van der Waals surface area (Å²) in [6, 6.07) is 7.68. The third-order valence-electron chi connectivity index (χ3n) is 5.07. The van der Waals surface area contributed by atoms with Crippen LogP contribution >= 0.6 is 7.75 Å². The number of aromatic nitrogens is 2. The summed E-state index contributed by atoms with van der Waals surface area (Å²) in [7, 11) is -3.32. The van der Waals surface area contributed by atoms with E-state index in [0.717, 1.165) is 19.4 Å². The highest BCUT2D eigenvalue weighted by Crippen LogP contribution is 2.50. The highest BCUT2D eigenvalue weighted by atomic mass is 31.2. The highest BCUT2D eigenvalue weighted by molar-refractivity contribution is 7.52. The lowest BCUT2D eigenvalue weighted by molar-refractivity contribution is -0.142. The van der Waals surface area contributed by atoms with Gasteiger partial charge >= 0.3 is 25.3 Å². The quantitative estimate of drug-likeness (QED) is 0.325. The van der Waals surface area contributed by atoms with Gasteiger partial charge in [0.1, 0.15) is 23.7 Å². The lowest BCUT2D eigenvalue weighted by Crippen LogP contribution is -2.44. The molecule has 15 heteroatoms. The van der Waals surface area contributed by atoms with Crippen LogP contribution in [0.4, 0.5) is 14.6 Å². The standard InChI is InChI=1S/C20H25F2N4O8P/c1-11(17(28)31-3)25-35(30,34-13-7-5-4-6-8-13)33-12(2)15-16(27)20(21,22)18(32-15)26-10-9-14(23)24-19(26)29/h4-12,15-16,18,27H,1-3H3,(H,25,30)(H2,23,24,29)/t11?,12?,15-,16?,18?,35?/m1/s1. The first-order valence-electron chi connectivity index (χ1n) is 10.3. The van der Waals surface area contributed by atoms with Gasteiger partial charge in [-0.1, -0.05) is 18.2 Å². The molecule has 3 rings (SSSR count). The number of esters is 1. The van der Waals surface area contributed by atoms with Gasteiger partial charge in [-0.25, -0.2) is 9.36 Å². The Bertz CT molecular complexity index is 1150. The van der Waals surface area contributed by atoms with Crippen LogP contribution in [-0.4, -0.2) is 58.0 Å². The Morgan fingerprint density at radius 2 is 1.97 bits per heavy atom. The first-order valence-corrected chi connectivity index (χ1v) is 11.9. The number of alkyl halides is 2. The van der Waals surface area contributed by atoms with Crippen LogP contribution in [0.5, 0.6) is 5.75 Å². The first kappa shape index (κ1) is 26.7. The Balaban J connectivity index is 1.86. The van der Waals surface area contributed by atoms with Gasteiger partial charge in [0.25, 0.3) is 0 Å². The fourth-order valence-electron chi connectivity index (χ4n) is 3.35. The van der Waals surface area contributed by atoms with Crippen molar-refractivity contribution in [2.45, 2.75) is 50.4 Å². The van der Waals surface area contributed by atoms with E-state index in [-0.39, 0.29) is 11.6 Å². The Kier molecular flexibility index (Phi) is 7.92. The van der Waals surface area contributed by atoms with Crippen molar-refractivity contribution in [3.8, 4) is 5.75 Å². The number of benzene rings is 1. The first-order chi connectivity index (χ1) is 16.4. The molecule has 12 nitrogen and oxygen atoms in total.